The summed E-state index contributed by atoms with van der Waals surface area (Å²) < 4.78 is 13.1. The van der Waals surface area contributed by atoms with Crippen LogP contribution in [-0.4, -0.2) is 12.2 Å². The summed E-state index contributed by atoms with van der Waals surface area (Å²) in [5, 5.41) is 6.10. The number of hydrogen-bond donors (Lipinski definition) is 3. The Morgan fingerprint density at radius 2 is 2.21 bits per heavy atom. The lowest BCUT2D eigenvalue weighted by Gasteiger charge is -1.94. The Morgan fingerprint density at radius 1 is 1.50 bits per heavy atom. The van der Waals surface area contributed by atoms with Crippen LogP contribution in [0.5, 0.6) is 0 Å². The van der Waals surface area contributed by atoms with E-state index >= 15 is 0 Å². The van der Waals surface area contributed by atoms with Gasteiger partial charge in [0.2, 0.25) is 6.21 Å². The first-order valence-corrected chi connectivity index (χ1v) is 4.10. The third-order valence-corrected chi connectivity index (χ3v) is 1.73. The van der Waals surface area contributed by atoms with Crippen molar-refractivity contribution >= 4 is 23.8 Å². The zero-order valence-electron chi connectivity index (χ0n) is 7.17. The van der Waals surface area contributed by atoms with Crippen LogP contribution < -0.4 is 16.6 Å². The smallest absolute Gasteiger partial charge is 0.256 e. The molecule has 0 saturated carbocycles. The predicted octanol–water partition coefficient (Wildman–Crippen LogP) is -0.833. The van der Waals surface area contributed by atoms with Crippen molar-refractivity contribution in [3.63, 3.8) is 0 Å². The van der Waals surface area contributed by atoms with Gasteiger partial charge in [0.25, 0.3) is 5.96 Å². The first-order chi connectivity index (χ1) is 6.61. The van der Waals surface area contributed by atoms with Gasteiger partial charge < -0.3 is 11.5 Å². The van der Waals surface area contributed by atoms with Gasteiger partial charge in [0.1, 0.15) is 5.82 Å². The largest absolute Gasteiger partial charge is 0.365 e. The van der Waals surface area contributed by atoms with Gasteiger partial charge in [-0.15, -0.1) is 5.10 Å². The third kappa shape index (κ3) is 2.70. The van der Waals surface area contributed by atoms with E-state index in [-0.39, 0.29) is 16.5 Å². The van der Waals surface area contributed by atoms with Gasteiger partial charge in [0.15, 0.2) is 0 Å². The topological polar surface area (TPSA) is 78.4 Å². The molecule has 0 radical (unpaired) electrons. The summed E-state index contributed by atoms with van der Waals surface area (Å²) in [4.78, 5) is 0. The highest BCUT2D eigenvalue weighted by Gasteiger charge is 2.06. The quantitative estimate of drug-likeness (QED) is 0.342. The van der Waals surface area contributed by atoms with Crippen molar-refractivity contribution in [1.82, 2.24) is 0 Å². The van der Waals surface area contributed by atoms with Crippen LogP contribution in [0.4, 0.5) is 4.39 Å². The summed E-state index contributed by atoms with van der Waals surface area (Å²) in [5.74, 6) is -0.593. The molecule has 6 heteroatoms. The van der Waals surface area contributed by atoms with Crippen molar-refractivity contribution in [3.05, 3.63) is 34.6 Å². The molecule has 0 saturated heterocycles. The van der Waals surface area contributed by atoms with Crippen molar-refractivity contribution in [2.45, 2.75) is 0 Å². The van der Waals surface area contributed by atoms with E-state index < -0.39 is 5.82 Å². The van der Waals surface area contributed by atoms with E-state index in [0.29, 0.717) is 0 Å². The minimum Gasteiger partial charge on any atom is -0.365 e. The van der Waals surface area contributed by atoms with Crippen LogP contribution in [0.25, 0.3) is 0 Å². The molecule has 0 aliphatic rings. The lowest BCUT2D eigenvalue weighted by molar-refractivity contribution is -0.456. The molecule has 4 nitrogen and oxygen atoms in total. The molecule has 0 amide bonds. The molecule has 74 valence electrons. The van der Waals surface area contributed by atoms with E-state index in [1.54, 1.807) is 6.07 Å². The Morgan fingerprint density at radius 3 is 2.79 bits per heavy atom. The number of nitrogens with one attached hydrogen (secondary N) is 1. The maximum Gasteiger partial charge on any atom is 0.256 e. The maximum absolute atomic E-state index is 13.1. The number of guanidine groups is 1. The van der Waals surface area contributed by atoms with Crippen LogP contribution >= 0.6 is 11.6 Å². The van der Waals surface area contributed by atoms with Crippen molar-refractivity contribution in [3.8, 4) is 0 Å². The van der Waals surface area contributed by atoms with Crippen molar-refractivity contribution in [2.75, 3.05) is 0 Å². The van der Waals surface area contributed by atoms with Gasteiger partial charge in [0, 0.05) is 5.10 Å². The van der Waals surface area contributed by atoms with E-state index in [1.165, 1.54) is 18.3 Å². The number of rotatable bonds is 2. The summed E-state index contributed by atoms with van der Waals surface area (Å²) in [6.45, 7) is 0. The lowest BCUT2D eigenvalue weighted by atomic mass is 10.2. The lowest BCUT2D eigenvalue weighted by Crippen LogP contribution is -2.64. The van der Waals surface area contributed by atoms with Crippen molar-refractivity contribution in [1.29, 1.82) is 0 Å². The Balaban J connectivity index is 2.97. The fourth-order valence-corrected chi connectivity index (χ4v) is 1.04. The molecule has 0 bridgehead atoms. The van der Waals surface area contributed by atoms with Crippen LogP contribution in [0.3, 0.4) is 0 Å². The number of halogens is 2. The molecule has 0 spiro atoms. The molecular formula is C8H9ClFN4+. The third-order valence-electron chi connectivity index (χ3n) is 1.40. The highest BCUT2D eigenvalue weighted by Crippen LogP contribution is 2.15. The molecule has 0 atom stereocenters. The standard InChI is InChI=1S/C8H8ClFN4/c9-6-2-1-3-7(10)5(6)4-13-14-8(11)12/h1-4H,(H4,11,12,14)/p+1/b13-4+. The van der Waals surface area contributed by atoms with Crippen LogP contribution in [0.15, 0.2) is 23.3 Å². The second-order valence-corrected chi connectivity index (χ2v) is 2.85. The molecule has 0 aliphatic heterocycles. The Kier molecular flexibility index (Phi) is 3.41. The first-order valence-electron chi connectivity index (χ1n) is 3.72. The molecule has 1 aromatic rings. The normalized spacial score (nSPS) is 10.4. The highest BCUT2D eigenvalue weighted by atomic mass is 35.5. The SMILES string of the molecule is NC(N)=N/[NH+]=C/c1c(F)cccc1Cl. The zero-order chi connectivity index (χ0) is 10.6. The van der Waals surface area contributed by atoms with Crippen LogP contribution in [0, 0.1) is 5.82 Å². The summed E-state index contributed by atoms with van der Waals surface area (Å²) in [6, 6.07) is 4.36. The number of benzene rings is 1. The molecule has 1 aromatic carbocycles. The molecular weight excluding hydrogens is 207 g/mol. The van der Waals surface area contributed by atoms with Crippen molar-refractivity contribution < 1.29 is 9.49 Å². The van der Waals surface area contributed by atoms with Gasteiger partial charge >= 0.3 is 0 Å². The molecule has 0 heterocycles. The molecule has 0 aliphatic carbocycles. The van der Waals surface area contributed by atoms with E-state index in [9.17, 15) is 4.39 Å². The maximum atomic E-state index is 13.1. The first kappa shape index (κ1) is 10.5. The second-order valence-electron chi connectivity index (χ2n) is 2.45. The molecule has 0 aromatic heterocycles. The second kappa shape index (κ2) is 4.57. The predicted molar refractivity (Wildman–Crippen MR) is 53.3 cm³/mol. The van der Waals surface area contributed by atoms with Gasteiger partial charge in [-0.05, 0) is 12.1 Å². The molecule has 5 N–H and O–H groups in total. The van der Waals surface area contributed by atoms with E-state index in [4.69, 9.17) is 23.1 Å². The number of hydrogen-bond acceptors (Lipinski definition) is 1. The van der Waals surface area contributed by atoms with Gasteiger partial charge in [-0.3, -0.25) is 0 Å². The fraction of sp³-hybridized carbons (Fsp3) is 0. The minimum atomic E-state index is -0.448. The molecule has 0 unspecified atom stereocenters. The van der Waals surface area contributed by atoms with Gasteiger partial charge in [-0.2, -0.15) is 0 Å². The Bertz CT molecular complexity index is 365. The number of nitrogens with zero attached hydrogens (tertiary/aromatic N) is 1. The number of hydrazone groups is 1. The summed E-state index contributed by atoms with van der Waals surface area (Å²) in [6.07, 6.45) is 1.28. The summed E-state index contributed by atoms with van der Waals surface area (Å²) >= 11 is 5.72. The average molecular weight is 216 g/mol. The van der Waals surface area contributed by atoms with Gasteiger partial charge in [-0.25, -0.2) is 4.39 Å². The van der Waals surface area contributed by atoms with Crippen molar-refractivity contribution in [2.24, 2.45) is 16.6 Å². The molecule has 0 fully saturated rings. The molecule has 14 heavy (non-hydrogen) atoms. The minimum absolute atomic E-state index is 0.145. The van der Waals surface area contributed by atoms with Crippen LogP contribution in [0.1, 0.15) is 5.56 Å². The van der Waals surface area contributed by atoms with E-state index in [0.717, 1.165) is 0 Å². The van der Waals surface area contributed by atoms with Gasteiger partial charge in [-0.1, -0.05) is 17.7 Å². The van der Waals surface area contributed by atoms with Gasteiger partial charge in [0.05, 0.1) is 10.6 Å². The van der Waals surface area contributed by atoms with Crippen LogP contribution in [0.2, 0.25) is 5.02 Å². The highest BCUT2D eigenvalue weighted by molar-refractivity contribution is 6.32. The summed E-state index contributed by atoms with van der Waals surface area (Å²) in [5.41, 5.74) is 10.3. The number of nitrogens with two attached hydrogens (primary N) is 2. The Hall–Kier alpha value is -1.62. The zero-order valence-corrected chi connectivity index (χ0v) is 7.92. The van der Waals surface area contributed by atoms with E-state index in [2.05, 4.69) is 10.2 Å². The Labute approximate surface area is 85.1 Å². The fourth-order valence-electron chi connectivity index (χ4n) is 0.820. The summed E-state index contributed by atoms with van der Waals surface area (Å²) in [7, 11) is 0. The average Bonchev–Trinajstić information content (AvgIpc) is 2.09. The molecule has 1 rings (SSSR count). The monoisotopic (exact) mass is 215 g/mol. The van der Waals surface area contributed by atoms with E-state index in [1.807, 2.05) is 0 Å². The van der Waals surface area contributed by atoms with Crippen LogP contribution in [-0.2, 0) is 0 Å².